The molecule has 0 amide bonds. The van der Waals surface area contributed by atoms with Gasteiger partial charge in [-0.25, -0.2) is 4.98 Å². The Morgan fingerprint density at radius 3 is 2.80 bits per heavy atom. The van der Waals surface area contributed by atoms with E-state index < -0.39 is 0 Å². The summed E-state index contributed by atoms with van der Waals surface area (Å²) in [4.78, 5) is 4.44. The maximum atomic E-state index is 4.44. The Kier molecular flexibility index (Phi) is 2.13. The van der Waals surface area contributed by atoms with Crippen molar-refractivity contribution in [1.29, 1.82) is 0 Å². The fourth-order valence-electron chi connectivity index (χ4n) is 1.81. The second kappa shape index (κ2) is 3.49. The molecule has 0 aliphatic heterocycles. The molecule has 3 rings (SSSR count). The van der Waals surface area contributed by atoms with Crippen molar-refractivity contribution in [1.82, 2.24) is 9.55 Å². The van der Waals surface area contributed by atoms with Gasteiger partial charge in [-0.3, -0.25) is 0 Å². The van der Waals surface area contributed by atoms with Crippen molar-refractivity contribution in [2.75, 3.05) is 0 Å². The molecule has 1 aromatic heterocycles. The average molecular weight is 263 g/mol. The van der Waals surface area contributed by atoms with E-state index in [-0.39, 0.29) is 0 Å². The van der Waals surface area contributed by atoms with Gasteiger partial charge in [-0.15, -0.1) is 0 Å². The molecule has 0 spiro atoms. The van der Waals surface area contributed by atoms with E-state index in [1.165, 1.54) is 24.4 Å². The van der Waals surface area contributed by atoms with E-state index in [1.807, 2.05) is 18.5 Å². The largest absolute Gasteiger partial charge is 0.302 e. The predicted molar refractivity (Wildman–Crippen MR) is 63.2 cm³/mol. The zero-order valence-electron chi connectivity index (χ0n) is 8.23. The van der Waals surface area contributed by atoms with Gasteiger partial charge >= 0.3 is 0 Å². The fraction of sp³-hybridized carbons (Fsp3) is 0.250. The lowest BCUT2D eigenvalue weighted by molar-refractivity contribution is 0.877. The molecule has 0 saturated heterocycles. The molecule has 0 N–H and O–H groups in total. The van der Waals surface area contributed by atoms with Gasteiger partial charge in [0.1, 0.15) is 5.82 Å². The lowest BCUT2D eigenvalue weighted by atomic mass is 10.3. The fourth-order valence-corrected chi connectivity index (χ4v) is 2.29. The molecule has 1 aromatic carbocycles. The van der Waals surface area contributed by atoms with Crippen molar-refractivity contribution < 1.29 is 0 Å². The Balaban J connectivity index is 2.12. The van der Waals surface area contributed by atoms with Crippen LogP contribution in [0, 0.1) is 0 Å². The van der Waals surface area contributed by atoms with Crippen LogP contribution < -0.4 is 0 Å². The molecular formula is C12H11BrN2. The van der Waals surface area contributed by atoms with Crippen LogP contribution in [0.15, 0.2) is 41.1 Å². The number of nitrogens with zero attached hydrogens (tertiary/aromatic N) is 2. The summed E-state index contributed by atoms with van der Waals surface area (Å²) in [7, 11) is 0. The van der Waals surface area contributed by atoms with Gasteiger partial charge in [0, 0.05) is 22.8 Å². The summed E-state index contributed by atoms with van der Waals surface area (Å²) >= 11 is 3.57. The zero-order chi connectivity index (χ0) is 10.3. The van der Waals surface area contributed by atoms with Crippen LogP contribution in [-0.4, -0.2) is 9.55 Å². The van der Waals surface area contributed by atoms with Crippen LogP contribution in [0.1, 0.15) is 24.6 Å². The van der Waals surface area contributed by atoms with Gasteiger partial charge in [0.05, 0.1) is 5.69 Å². The normalized spacial score (nSPS) is 15.5. The van der Waals surface area contributed by atoms with E-state index in [1.54, 1.807) is 0 Å². The van der Waals surface area contributed by atoms with Crippen LogP contribution in [-0.2, 0) is 0 Å². The Morgan fingerprint density at radius 1 is 1.27 bits per heavy atom. The van der Waals surface area contributed by atoms with Gasteiger partial charge < -0.3 is 4.57 Å². The first-order chi connectivity index (χ1) is 7.36. The summed E-state index contributed by atoms with van der Waals surface area (Å²) in [5.41, 5.74) is 1.18. The van der Waals surface area contributed by atoms with E-state index in [0.29, 0.717) is 5.92 Å². The van der Waals surface area contributed by atoms with Crippen LogP contribution in [0.4, 0.5) is 0 Å². The van der Waals surface area contributed by atoms with Gasteiger partial charge in [-0.05, 0) is 40.9 Å². The van der Waals surface area contributed by atoms with Crippen LogP contribution in [0.3, 0.4) is 0 Å². The quantitative estimate of drug-likeness (QED) is 0.810. The minimum absolute atomic E-state index is 0.673. The molecule has 3 heteroatoms. The van der Waals surface area contributed by atoms with Crippen LogP contribution in [0.5, 0.6) is 0 Å². The number of hydrogen-bond acceptors (Lipinski definition) is 1. The summed E-state index contributed by atoms with van der Waals surface area (Å²) in [6, 6.07) is 8.25. The summed E-state index contributed by atoms with van der Waals surface area (Å²) in [5.74, 6) is 1.87. The zero-order valence-corrected chi connectivity index (χ0v) is 9.81. The maximum absolute atomic E-state index is 4.44. The second-order valence-corrected chi connectivity index (χ2v) is 4.74. The first kappa shape index (κ1) is 9.16. The molecule has 0 bridgehead atoms. The lowest BCUT2D eigenvalue weighted by Gasteiger charge is -2.08. The van der Waals surface area contributed by atoms with E-state index in [9.17, 15) is 0 Å². The predicted octanol–water partition coefficient (Wildman–Crippen LogP) is 3.51. The molecule has 1 heterocycles. The number of imidazole rings is 1. The highest BCUT2D eigenvalue weighted by Crippen LogP contribution is 2.40. The topological polar surface area (TPSA) is 17.8 Å². The van der Waals surface area contributed by atoms with Gasteiger partial charge in [-0.1, -0.05) is 12.1 Å². The number of para-hydroxylation sites is 1. The Morgan fingerprint density at radius 2 is 2.07 bits per heavy atom. The van der Waals surface area contributed by atoms with Crippen molar-refractivity contribution >= 4 is 15.9 Å². The molecule has 0 atom stereocenters. The van der Waals surface area contributed by atoms with E-state index in [0.717, 1.165) is 4.47 Å². The molecule has 15 heavy (non-hydrogen) atoms. The minimum atomic E-state index is 0.673. The first-order valence-electron chi connectivity index (χ1n) is 5.14. The van der Waals surface area contributed by atoms with E-state index in [4.69, 9.17) is 0 Å². The van der Waals surface area contributed by atoms with Crippen molar-refractivity contribution in [3.05, 3.63) is 47.0 Å². The van der Waals surface area contributed by atoms with Crippen molar-refractivity contribution in [2.45, 2.75) is 18.8 Å². The van der Waals surface area contributed by atoms with Crippen molar-refractivity contribution in [3.63, 3.8) is 0 Å². The smallest absolute Gasteiger partial charge is 0.116 e. The molecule has 2 nitrogen and oxygen atoms in total. The molecular weight excluding hydrogens is 252 g/mol. The Hall–Kier alpha value is -1.09. The third kappa shape index (κ3) is 1.61. The highest BCUT2D eigenvalue weighted by Gasteiger charge is 2.28. The highest BCUT2D eigenvalue weighted by atomic mass is 79.9. The molecule has 1 fully saturated rings. The minimum Gasteiger partial charge on any atom is -0.302 e. The average Bonchev–Trinajstić information content (AvgIpc) is 2.98. The third-order valence-electron chi connectivity index (χ3n) is 2.72. The van der Waals surface area contributed by atoms with Crippen LogP contribution in [0.25, 0.3) is 5.69 Å². The number of halogens is 1. The lowest BCUT2D eigenvalue weighted by Crippen LogP contribution is -1.99. The first-order valence-corrected chi connectivity index (χ1v) is 5.94. The van der Waals surface area contributed by atoms with Crippen molar-refractivity contribution in [3.8, 4) is 5.69 Å². The molecule has 1 aliphatic carbocycles. The monoisotopic (exact) mass is 262 g/mol. The second-order valence-electron chi connectivity index (χ2n) is 3.88. The van der Waals surface area contributed by atoms with Crippen LogP contribution in [0.2, 0.25) is 0 Å². The van der Waals surface area contributed by atoms with Gasteiger partial charge in [-0.2, -0.15) is 0 Å². The summed E-state index contributed by atoms with van der Waals surface area (Å²) in [5, 5.41) is 0. The van der Waals surface area contributed by atoms with E-state index >= 15 is 0 Å². The molecule has 2 aromatic rings. The Bertz CT molecular complexity index is 486. The van der Waals surface area contributed by atoms with Gasteiger partial charge in [0.15, 0.2) is 0 Å². The highest BCUT2D eigenvalue weighted by molar-refractivity contribution is 9.10. The molecule has 76 valence electrons. The summed E-state index contributed by atoms with van der Waals surface area (Å²) in [6.45, 7) is 0. The molecule has 1 saturated carbocycles. The van der Waals surface area contributed by atoms with Crippen molar-refractivity contribution in [2.24, 2.45) is 0 Å². The molecule has 0 unspecified atom stereocenters. The van der Waals surface area contributed by atoms with Gasteiger partial charge in [0.25, 0.3) is 0 Å². The van der Waals surface area contributed by atoms with Crippen LogP contribution >= 0.6 is 15.9 Å². The number of benzene rings is 1. The SMILES string of the molecule is Brc1ccccc1-n1ccnc1C1CC1. The van der Waals surface area contributed by atoms with Gasteiger partial charge in [0.2, 0.25) is 0 Å². The molecule has 1 aliphatic rings. The number of hydrogen-bond donors (Lipinski definition) is 0. The maximum Gasteiger partial charge on any atom is 0.116 e. The Labute approximate surface area is 97.1 Å². The summed E-state index contributed by atoms with van der Waals surface area (Å²) < 4.78 is 3.30. The number of rotatable bonds is 2. The van der Waals surface area contributed by atoms with E-state index in [2.05, 4.69) is 43.7 Å². The number of aromatic nitrogens is 2. The molecule has 0 radical (unpaired) electrons. The summed E-state index contributed by atoms with van der Waals surface area (Å²) in [6.07, 6.45) is 6.48. The standard InChI is InChI=1S/C12H11BrN2/c13-10-3-1-2-4-11(10)15-8-7-14-12(15)9-5-6-9/h1-4,7-9H,5-6H2. The third-order valence-corrected chi connectivity index (χ3v) is 3.39.